The molecule has 0 N–H and O–H groups in total. The number of hydrogen-bond donors (Lipinski definition) is 0. The van der Waals surface area contributed by atoms with Gasteiger partial charge in [-0.1, -0.05) is 97.9 Å². The molecular formula is C28H30F3N3OSi. The lowest BCUT2D eigenvalue weighted by Crippen LogP contribution is -2.51. The number of rotatable bonds is 8. The van der Waals surface area contributed by atoms with Gasteiger partial charge >= 0.3 is 6.18 Å². The Bertz CT molecular complexity index is 1180. The molecule has 188 valence electrons. The van der Waals surface area contributed by atoms with Crippen molar-refractivity contribution in [1.29, 1.82) is 0 Å². The van der Waals surface area contributed by atoms with E-state index in [0.717, 1.165) is 16.7 Å². The van der Waals surface area contributed by atoms with Crippen LogP contribution < -0.4 is 0 Å². The van der Waals surface area contributed by atoms with Crippen LogP contribution in [-0.4, -0.2) is 29.3 Å². The third kappa shape index (κ3) is 4.51. The van der Waals surface area contributed by atoms with Crippen LogP contribution in [0.5, 0.6) is 0 Å². The van der Waals surface area contributed by atoms with Crippen LogP contribution in [0, 0.1) is 0 Å². The Labute approximate surface area is 210 Å². The van der Waals surface area contributed by atoms with Gasteiger partial charge in [-0.05, 0) is 42.8 Å². The third-order valence-corrected chi connectivity index (χ3v) is 7.17. The maximum absolute atomic E-state index is 14.7. The van der Waals surface area contributed by atoms with E-state index < -0.39 is 25.6 Å². The molecule has 4 rings (SSSR count). The van der Waals surface area contributed by atoms with Crippen molar-refractivity contribution in [2.45, 2.75) is 50.3 Å². The van der Waals surface area contributed by atoms with Gasteiger partial charge in [0.2, 0.25) is 5.60 Å². The molecule has 0 bridgehead atoms. The lowest BCUT2D eigenvalue weighted by Gasteiger charge is -2.38. The Morgan fingerprint density at radius 2 is 1.17 bits per heavy atom. The van der Waals surface area contributed by atoms with E-state index in [9.17, 15) is 13.2 Å². The molecule has 36 heavy (non-hydrogen) atoms. The summed E-state index contributed by atoms with van der Waals surface area (Å²) in [4.78, 5) is 4.28. The van der Waals surface area contributed by atoms with Crippen LogP contribution in [-0.2, 0) is 15.6 Å². The molecule has 8 heteroatoms. The Morgan fingerprint density at radius 1 is 0.750 bits per heavy atom. The first-order valence-corrected chi connectivity index (χ1v) is 15.3. The molecule has 0 aliphatic rings. The SMILES string of the molecule is CCC(O[Si](C)(C)C)(c1ncn(C(c2ccccc2)(c2ccccc2)c2ccccc2)n1)C(F)(F)F. The van der Waals surface area contributed by atoms with Gasteiger partial charge in [0.05, 0.1) is 0 Å². The lowest BCUT2D eigenvalue weighted by atomic mass is 9.77. The highest BCUT2D eigenvalue weighted by Crippen LogP contribution is 2.46. The fourth-order valence-corrected chi connectivity index (χ4v) is 6.13. The molecule has 1 atom stereocenters. The second-order valence-corrected chi connectivity index (χ2v) is 14.1. The second kappa shape index (κ2) is 9.67. The second-order valence-electron chi connectivity index (χ2n) is 9.71. The van der Waals surface area contributed by atoms with E-state index in [0.29, 0.717) is 0 Å². The first kappa shape index (κ1) is 25.8. The van der Waals surface area contributed by atoms with E-state index >= 15 is 0 Å². The van der Waals surface area contributed by atoms with Gasteiger partial charge in [0.25, 0.3) is 0 Å². The van der Waals surface area contributed by atoms with E-state index in [-0.39, 0.29) is 12.2 Å². The topological polar surface area (TPSA) is 39.9 Å². The molecule has 1 heterocycles. The number of hydrogen-bond acceptors (Lipinski definition) is 3. The van der Waals surface area contributed by atoms with Crippen LogP contribution >= 0.6 is 0 Å². The summed E-state index contributed by atoms with van der Waals surface area (Å²) in [5.41, 5.74) is -1.12. The normalized spacial score (nSPS) is 14.4. The highest BCUT2D eigenvalue weighted by atomic mass is 28.4. The lowest BCUT2D eigenvalue weighted by molar-refractivity contribution is -0.262. The number of alkyl halides is 3. The molecule has 0 aliphatic carbocycles. The smallest absolute Gasteiger partial charge is 0.398 e. The molecule has 3 aromatic carbocycles. The molecule has 0 aliphatic heterocycles. The summed E-state index contributed by atoms with van der Waals surface area (Å²) in [5, 5.41) is 4.59. The summed E-state index contributed by atoms with van der Waals surface area (Å²) in [7, 11) is -2.64. The van der Waals surface area contributed by atoms with E-state index in [2.05, 4.69) is 10.1 Å². The van der Waals surface area contributed by atoms with E-state index in [1.165, 1.54) is 13.3 Å². The van der Waals surface area contributed by atoms with Crippen LogP contribution in [0.2, 0.25) is 19.6 Å². The zero-order valence-electron chi connectivity index (χ0n) is 20.8. The van der Waals surface area contributed by atoms with Crippen LogP contribution in [0.3, 0.4) is 0 Å². The third-order valence-electron chi connectivity index (χ3n) is 6.21. The average Bonchev–Trinajstić information content (AvgIpc) is 3.34. The molecule has 1 unspecified atom stereocenters. The van der Waals surface area contributed by atoms with Gasteiger partial charge in [-0.2, -0.15) is 18.3 Å². The molecule has 1 aromatic heterocycles. The van der Waals surface area contributed by atoms with Crippen molar-refractivity contribution in [1.82, 2.24) is 14.8 Å². The summed E-state index contributed by atoms with van der Waals surface area (Å²) in [6, 6.07) is 28.9. The Kier molecular flexibility index (Phi) is 6.94. The van der Waals surface area contributed by atoms with Crippen molar-refractivity contribution >= 4 is 8.32 Å². The summed E-state index contributed by atoms with van der Waals surface area (Å²) >= 11 is 0. The zero-order chi connectivity index (χ0) is 26.0. The van der Waals surface area contributed by atoms with E-state index in [4.69, 9.17) is 4.43 Å². The summed E-state index contributed by atoms with van der Waals surface area (Å²) < 4.78 is 51.4. The van der Waals surface area contributed by atoms with Gasteiger partial charge in [0.15, 0.2) is 14.1 Å². The first-order chi connectivity index (χ1) is 17.0. The first-order valence-electron chi connectivity index (χ1n) is 11.9. The monoisotopic (exact) mass is 509 g/mol. The van der Waals surface area contributed by atoms with Gasteiger partial charge < -0.3 is 4.43 Å². The summed E-state index contributed by atoms with van der Waals surface area (Å²) in [6.45, 7) is 6.68. The summed E-state index contributed by atoms with van der Waals surface area (Å²) in [5.74, 6) is -0.382. The van der Waals surface area contributed by atoms with Gasteiger partial charge in [0, 0.05) is 0 Å². The minimum Gasteiger partial charge on any atom is -0.398 e. The van der Waals surface area contributed by atoms with Crippen LogP contribution in [0.25, 0.3) is 0 Å². The van der Waals surface area contributed by atoms with Crippen molar-refractivity contribution in [3.63, 3.8) is 0 Å². The molecule has 0 amide bonds. The minimum atomic E-state index is -4.69. The zero-order valence-corrected chi connectivity index (χ0v) is 21.8. The van der Waals surface area contributed by atoms with Crippen LogP contribution in [0.1, 0.15) is 35.9 Å². The molecule has 0 saturated heterocycles. The standard InChI is InChI=1S/C28H30F3N3OSi/c1-5-26(28(29,30)31,35-36(2,3)4)25-32-21-34(33-25)27(22-15-9-6-10-16-22,23-17-11-7-12-18-23)24-19-13-8-14-20-24/h6-21H,5H2,1-4H3. The molecule has 0 radical (unpaired) electrons. The average molecular weight is 510 g/mol. The van der Waals surface area contributed by atoms with Gasteiger partial charge in [-0.15, -0.1) is 0 Å². The quantitative estimate of drug-likeness (QED) is 0.187. The Morgan fingerprint density at radius 3 is 1.50 bits per heavy atom. The van der Waals surface area contributed by atoms with E-state index in [1.807, 2.05) is 91.0 Å². The highest BCUT2D eigenvalue weighted by Gasteiger charge is 2.60. The molecule has 0 saturated carbocycles. The van der Waals surface area contributed by atoms with Gasteiger partial charge in [-0.25, -0.2) is 9.67 Å². The molecule has 0 fully saturated rings. The molecule has 4 nitrogen and oxygen atoms in total. The van der Waals surface area contributed by atoms with Crippen LogP contribution in [0.15, 0.2) is 97.3 Å². The molecular weight excluding hydrogens is 479 g/mol. The van der Waals surface area contributed by atoms with Crippen molar-refractivity contribution in [2.24, 2.45) is 0 Å². The molecule has 4 aromatic rings. The van der Waals surface area contributed by atoms with Crippen molar-refractivity contribution in [3.8, 4) is 0 Å². The summed E-state index contributed by atoms with van der Waals surface area (Å²) in [6.07, 6.45) is -3.63. The maximum atomic E-state index is 14.7. The van der Waals surface area contributed by atoms with Gasteiger partial charge in [0.1, 0.15) is 11.9 Å². The van der Waals surface area contributed by atoms with Crippen molar-refractivity contribution in [3.05, 3.63) is 120 Å². The predicted molar refractivity (Wildman–Crippen MR) is 137 cm³/mol. The molecule has 0 spiro atoms. The Hall–Kier alpha value is -3.23. The number of aromatic nitrogens is 3. The Balaban J connectivity index is 2.05. The fraction of sp³-hybridized carbons (Fsp3) is 0.286. The number of halogens is 3. The highest BCUT2D eigenvalue weighted by molar-refractivity contribution is 6.69. The minimum absolute atomic E-state index is 0.334. The number of nitrogens with zero attached hydrogens (tertiary/aromatic N) is 3. The largest absolute Gasteiger partial charge is 0.423 e. The van der Waals surface area contributed by atoms with Crippen molar-refractivity contribution < 1.29 is 17.6 Å². The predicted octanol–water partition coefficient (Wildman–Crippen LogP) is 7.14. The van der Waals surface area contributed by atoms with Crippen LogP contribution in [0.4, 0.5) is 13.2 Å². The van der Waals surface area contributed by atoms with Crippen molar-refractivity contribution in [2.75, 3.05) is 0 Å². The van der Waals surface area contributed by atoms with E-state index in [1.54, 1.807) is 24.3 Å². The number of benzene rings is 3. The maximum Gasteiger partial charge on any atom is 0.423 e. The fourth-order valence-electron chi connectivity index (χ4n) is 4.73. The van der Waals surface area contributed by atoms with Gasteiger partial charge in [-0.3, -0.25) is 0 Å².